The highest BCUT2D eigenvalue weighted by molar-refractivity contribution is 6.30. The molecular formula is C14H14ClN5. The minimum atomic E-state index is 0.307. The zero-order valence-corrected chi connectivity index (χ0v) is 12.3. The molecule has 0 saturated carbocycles. The summed E-state index contributed by atoms with van der Waals surface area (Å²) in [7, 11) is 1.84. The van der Waals surface area contributed by atoms with Crippen LogP contribution < -0.4 is 0 Å². The summed E-state index contributed by atoms with van der Waals surface area (Å²) in [5.41, 5.74) is 1.87. The van der Waals surface area contributed by atoms with E-state index >= 15 is 0 Å². The van der Waals surface area contributed by atoms with Gasteiger partial charge in [-0.1, -0.05) is 25.4 Å². The van der Waals surface area contributed by atoms with Crippen molar-refractivity contribution in [3.8, 4) is 11.4 Å². The molecule has 0 saturated heterocycles. The van der Waals surface area contributed by atoms with Crippen LogP contribution in [0, 0.1) is 0 Å². The molecule has 3 aromatic rings. The molecule has 0 unspecified atom stereocenters. The Labute approximate surface area is 121 Å². The summed E-state index contributed by atoms with van der Waals surface area (Å²) in [6.45, 7) is 4.21. The van der Waals surface area contributed by atoms with Gasteiger partial charge < -0.3 is 0 Å². The SMILES string of the molecule is CC(C)c1ncc(-c2ncn(C)n2)c2cnc(Cl)cc12. The molecule has 0 atom stereocenters. The maximum Gasteiger partial charge on any atom is 0.183 e. The van der Waals surface area contributed by atoms with Crippen molar-refractivity contribution in [3.05, 3.63) is 35.6 Å². The number of aryl methyl sites for hydroxylation is 1. The molecule has 0 aliphatic heterocycles. The van der Waals surface area contributed by atoms with E-state index < -0.39 is 0 Å². The first-order chi connectivity index (χ1) is 9.56. The molecule has 0 spiro atoms. The predicted octanol–water partition coefficient (Wildman–Crippen LogP) is 3.20. The summed E-state index contributed by atoms with van der Waals surface area (Å²) >= 11 is 6.02. The molecule has 5 nitrogen and oxygen atoms in total. The summed E-state index contributed by atoms with van der Waals surface area (Å²) in [4.78, 5) is 13.0. The predicted molar refractivity (Wildman–Crippen MR) is 78.6 cm³/mol. The monoisotopic (exact) mass is 287 g/mol. The van der Waals surface area contributed by atoms with E-state index in [1.807, 2.05) is 19.3 Å². The number of nitrogens with zero attached hydrogens (tertiary/aromatic N) is 5. The molecule has 0 aromatic carbocycles. The first kappa shape index (κ1) is 13.0. The molecule has 0 radical (unpaired) electrons. The Balaban J connectivity index is 2.33. The van der Waals surface area contributed by atoms with Crippen molar-refractivity contribution >= 4 is 22.4 Å². The van der Waals surface area contributed by atoms with Gasteiger partial charge in [0, 0.05) is 35.8 Å². The second-order valence-corrected chi connectivity index (χ2v) is 5.39. The largest absolute Gasteiger partial charge is 0.260 e. The highest BCUT2D eigenvalue weighted by atomic mass is 35.5. The standard InChI is InChI=1S/C14H14ClN5/c1-8(2)13-9-4-12(15)16-5-10(9)11(6-17-13)14-18-7-20(3)19-14/h4-8H,1-3H3. The second kappa shape index (κ2) is 4.83. The molecule has 3 heterocycles. The van der Waals surface area contributed by atoms with E-state index in [4.69, 9.17) is 11.6 Å². The number of aromatic nitrogens is 5. The lowest BCUT2D eigenvalue weighted by Gasteiger charge is -2.11. The van der Waals surface area contributed by atoms with Gasteiger partial charge in [-0.3, -0.25) is 9.67 Å². The van der Waals surface area contributed by atoms with Gasteiger partial charge in [0.05, 0.1) is 5.69 Å². The summed E-state index contributed by atoms with van der Waals surface area (Å²) in [5, 5.41) is 6.77. The summed E-state index contributed by atoms with van der Waals surface area (Å²) in [6, 6.07) is 1.85. The van der Waals surface area contributed by atoms with Crippen LogP contribution in [0.25, 0.3) is 22.2 Å². The quantitative estimate of drug-likeness (QED) is 0.679. The van der Waals surface area contributed by atoms with Crippen molar-refractivity contribution in [1.82, 2.24) is 24.7 Å². The minimum Gasteiger partial charge on any atom is -0.260 e. The van der Waals surface area contributed by atoms with Crippen molar-refractivity contribution < 1.29 is 0 Å². The van der Waals surface area contributed by atoms with Gasteiger partial charge >= 0.3 is 0 Å². The number of hydrogen-bond acceptors (Lipinski definition) is 4. The molecule has 20 heavy (non-hydrogen) atoms. The third kappa shape index (κ3) is 2.14. The van der Waals surface area contributed by atoms with Gasteiger partial charge in [0.25, 0.3) is 0 Å². The topological polar surface area (TPSA) is 56.5 Å². The molecule has 0 bridgehead atoms. The van der Waals surface area contributed by atoms with Crippen LogP contribution >= 0.6 is 11.6 Å². The molecule has 102 valence electrons. The first-order valence-electron chi connectivity index (χ1n) is 6.36. The van der Waals surface area contributed by atoms with Crippen LogP contribution in [-0.4, -0.2) is 24.7 Å². The lowest BCUT2D eigenvalue weighted by molar-refractivity contribution is 0.768. The Bertz CT molecular complexity index is 778. The third-order valence-electron chi connectivity index (χ3n) is 3.16. The molecular weight excluding hydrogens is 274 g/mol. The number of hydrogen-bond donors (Lipinski definition) is 0. The number of rotatable bonds is 2. The first-order valence-corrected chi connectivity index (χ1v) is 6.74. The van der Waals surface area contributed by atoms with E-state index in [2.05, 4.69) is 33.9 Å². The summed E-state index contributed by atoms with van der Waals surface area (Å²) in [6.07, 6.45) is 5.24. The molecule has 3 aromatic heterocycles. The lowest BCUT2D eigenvalue weighted by atomic mass is 10.0. The van der Waals surface area contributed by atoms with Crippen LogP contribution in [0.4, 0.5) is 0 Å². The second-order valence-electron chi connectivity index (χ2n) is 5.01. The Hall–Kier alpha value is -2.01. The van der Waals surface area contributed by atoms with Gasteiger partial charge in [-0.05, 0) is 12.0 Å². The van der Waals surface area contributed by atoms with Gasteiger partial charge in [0.15, 0.2) is 5.82 Å². The highest BCUT2D eigenvalue weighted by Crippen LogP contribution is 2.31. The van der Waals surface area contributed by atoms with Crippen molar-refractivity contribution in [3.63, 3.8) is 0 Å². The molecule has 3 rings (SSSR count). The maximum absolute atomic E-state index is 6.02. The van der Waals surface area contributed by atoms with Gasteiger partial charge in [-0.15, -0.1) is 0 Å². The number of halogens is 1. The van der Waals surface area contributed by atoms with Gasteiger partial charge in [0.2, 0.25) is 0 Å². The van der Waals surface area contributed by atoms with Crippen LogP contribution in [0.3, 0.4) is 0 Å². The summed E-state index contributed by atoms with van der Waals surface area (Å²) < 4.78 is 1.67. The van der Waals surface area contributed by atoms with Crippen LogP contribution in [0.1, 0.15) is 25.5 Å². The van der Waals surface area contributed by atoms with Gasteiger partial charge in [0.1, 0.15) is 11.5 Å². The smallest absolute Gasteiger partial charge is 0.183 e. The average Bonchev–Trinajstić information content (AvgIpc) is 2.83. The lowest BCUT2D eigenvalue weighted by Crippen LogP contribution is -1.98. The highest BCUT2D eigenvalue weighted by Gasteiger charge is 2.14. The Morgan fingerprint density at radius 1 is 1.10 bits per heavy atom. The zero-order chi connectivity index (χ0) is 14.3. The molecule has 6 heteroatoms. The molecule has 0 aliphatic rings. The number of fused-ring (bicyclic) bond motifs is 1. The Morgan fingerprint density at radius 3 is 2.55 bits per heavy atom. The van der Waals surface area contributed by atoms with Gasteiger partial charge in [-0.2, -0.15) is 5.10 Å². The van der Waals surface area contributed by atoms with Crippen LogP contribution in [-0.2, 0) is 7.05 Å². The van der Waals surface area contributed by atoms with Crippen LogP contribution in [0.15, 0.2) is 24.8 Å². The average molecular weight is 288 g/mol. The van der Waals surface area contributed by atoms with Crippen LogP contribution in [0.2, 0.25) is 5.15 Å². The van der Waals surface area contributed by atoms with Crippen molar-refractivity contribution in [2.75, 3.05) is 0 Å². The van der Waals surface area contributed by atoms with Gasteiger partial charge in [-0.25, -0.2) is 9.97 Å². The molecule has 0 N–H and O–H groups in total. The van der Waals surface area contributed by atoms with E-state index in [9.17, 15) is 0 Å². The fourth-order valence-corrected chi connectivity index (χ4v) is 2.39. The zero-order valence-electron chi connectivity index (χ0n) is 11.5. The minimum absolute atomic E-state index is 0.307. The van der Waals surface area contributed by atoms with E-state index in [0.29, 0.717) is 16.9 Å². The van der Waals surface area contributed by atoms with Crippen LogP contribution in [0.5, 0.6) is 0 Å². The van der Waals surface area contributed by atoms with E-state index in [1.165, 1.54) is 0 Å². The van der Waals surface area contributed by atoms with E-state index in [0.717, 1.165) is 22.0 Å². The molecule has 0 amide bonds. The van der Waals surface area contributed by atoms with E-state index in [-0.39, 0.29) is 0 Å². The number of pyridine rings is 2. The van der Waals surface area contributed by atoms with Crippen molar-refractivity contribution in [1.29, 1.82) is 0 Å². The maximum atomic E-state index is 6.02. The Kier molecular flexibility index (Phi) is 3.14. The fourth-order valence-electron chi connectivity index (χ4n) is 2.23. The third-order valence-corrected chi connectivity index (χ3v) is 3.36. The normalized spacial score (nSPS) is 11.4. The Morgan fingerprint density at radius 2 is 1.90 bits per heavy atom. The van der Waals surface area contributed by atoms with E-state index in [1.54, 1.807) is 17.2 Å². The van der Waals surface area contributed by atoms with Crippen molar-refractivity contribution in [2.24, 2.45) is 7.05 Å². The fraction of sp³-hybridized carbons (Fsp3) is 0.286. The molecule has 0 fully saturated rings. The molecule has 0 aliphatic carbocycles. The summed E-state index contributed by atoms with van der Waals surface area (Å²) in [5.74, 6) is 0.950. The van der Waals surface area contributed by atoms with Crippen molar-refractivity contribution in [2.45, 2.75) is 19.8 Å².